The van der Waals surface area contributed by atoms with Crippen LogP contribution in [0.1, 0.15) is 32.1 Å². The first-order chi connectivity index (χ1) is 4.93. The Kier molecular flexibility index (Phi) is 1.66. The highest BCUT2D eigenvalue weighted by Crippen LogP contribution is 2.22. The van der Waals surface area contributed by atoms with Crippen LogP contribution in [0.2, 0.25) is 0 Å². The maximum absolute atomic E-state index is 10.9. The molecule has 0 unspecified atom stereocenters. The third-order valence-electron chi connectivity index (χ3n) is 1.61. The molecule has 1 aromatic rings. The van der Waals surface area contributed by atoms with Gasteiger partial charge in [-0.05, 0) is 6.92 Å². The van der Waals surface area contributed by atoms with E-state index in [4.69, 9.17) is 4.52 Å². The van der Waals surface area contributed by atoms with Crippen molar-refractivity contribution in [1.82, 2.24) is 5.16 Å². The largest absolute Gasteiger partial charge is 0.383 e. The van der Waals surface area contributed by atoms with Gasteiger partial charge in [0.25, 0.3) is 5.56 Å². The Labute approximate surface area is 65.4 Å². The van der Waals surface area contributed by atoms with Gasteiger partial charge in [0, 0.05) is 5.41 Å². The van der Waals surface area contributed by atoms with Gasteiger partial charge in [0.2, 0.25) is 0 Å². The first-order valence-corrected chi connectivity index (χ1v) is 3.61. The van der Waals surface area contributed by atoms with E-state index in [9.17, 15) is 4.79 Å². The Morgan fingerprint density at radius 1 is 1.36 bits per heavy atom. The second kappa shape index (κ2) is 2.26. The Morgan fingerprint density at radius 2 is 1.91 bits per heavy atom. The topological polar surface area (TPSA) is 46.0 Å². The lowest BCUT2D eigenvalue weighted by Crippen LogP contribution is -2.13. The molecule has 0 aliphatic rings. The summed E-state index contributed by atoms with van der Waals surface area (Å²) in [6, 6.07) is 0. The summed E-state index contributed by atoms with van der Waals surface area (Å²) in [6.45, 7) is 7.78. The van der Waals surface area contributed by atoms with Crippen molar-refractivity contribution in [2.45, 2.75) is 33.1 Å². The number of hydrogen-bond donors (Lipinski definition) is 1. The molecule has 0 saturated carbocycles. The van der Waals surface area contributed by atoms with Crippen LogP contribution in [0, 0.1) is 6.92 Å². The van der Waals surface area contributed by atoms with E-state index in [2.05, 4.69) is 5.16 Å². The van der Waals surface area contributed by atoms with Gasteiger partial charge >= 0.3 is 0 Å². The average molecular weight is 155 g/mol. The number of nitrogens with one attached hydrogen (secondary N) is 1. The molecule has 0 saturated heterocycles. The van der Waals surface area contributed by atoms with Gasteiger partial charge in [0.15, 0.2) is 0 Å². The molecule has 1 heterocycles. The van der Waals surface area contributed by atoms with Crippen LogP contribution in [0.15, 0.2) is 9.32 Å². The molecule has 0 amide bonds. The normalized spacial score (nSPS) is 12.0. The molecule has 62 valence electrons. The monoisotopic (exact) mass is 155 g/mol. The summed E-state index contributed by atoms with van der Waals surface area (Å²) in [5.41, 5.74) is 0.455. The van der Waals surface area contributed by atoms with Gasteiger partial charge in [0.05, 0.1) is 5.56 Å². The van der Waals surface area contributed by atoms with E-state index in [1.807, 2.05) is 20.8 Å². The molecule has 0 fully saturated rings. The lowest BCUT2D eigenvalue weighted by atomic mass is 9.91. The van der Waals surface area contributed by atoms with E-state index in [1.165, 1.54) is 0 Å². The zero-order valence-corrected chi connectivity index (χ0v) is 7.32. The maximum atomic E-state index is 10.9. The molecule has 1 N–H and O–H groups in total. The summed E-state index contributed by atoms with van der Waals surface area (Å²) in [6.07, 6.45) is 0. The summed E-state index contributed by atoms with van der Waals surface area (Å²) in [7, 11) is 0. The summed E-state index contributed by atoms with van der Waals surface area (Å²) < 4.78 is 5.02. The van der Waals surface area contributed by atoms with Gasteiger partial charge in [-0.25, -0.2) is 0 Å². The standard InChI is InChI=1S/C8H13NO2/c1-5-6(8(2,3)4)11-9-7(5)10/h1-4H3,(H,9,10). The SMILES string of the molecule is Cc1c(C(C)(C)C)o[nH]c1=O. The Bertz CT molecular complexity index is 301. The third kappa shape index (κ3) is 1.37. The van der Waals surface area contributed by atoms with Crippen LogP contribution in [-0.2, 0) is 5.41 Å². The fourth-order valence-electron chi connectivity index (χ4n) is 1.07. The predicted molar refractivity (Wildman–Crippen MR) is 42.8 cm³/mol. The minimum absolute atomic E-state index is 0.0940. The van der Waals surface area contributed by atoms with Gasteiger partial charge in [-0.1, -0.05) is 20.8 Å². The van der Waals surface area contributed by atoms with Crippen LogP contribution in [-0.4, -0.2) is 5.16 Å². The van der Waals surface area contributed by atoms with E-state index in [-0.39, 0.29) is 11.0 Å². The summed E-state index contributed by atoms with van der Waals surface area (Å²) in [5, 5.41) is 2.31. The highest BCUT2D eigenvalue weighted by atomic mass is 16.5. The van der Waals surface area contributed by atoms with Crippen LogP contribution < -0.4 is 5.56 Å². The number of aromatic amines is 1. The number of aromatic nitrogens is 1. The van der Waals surface area contributed by atoms with Gasteiger partial charge in [0.1, 0.15) is 5.76 Å². The zero-order valence-electron chi connectivity index (χ0n) is 7.32. The quantitative estimate of drug-likeness (QED) is 0.618. The van der Waals surface area contributed by atoms with E-state index < -0.39 is 0 Å². The molecule has 3 heteroatoms. The van der Waals surface area contributed by atoms with E-state index >= 15 is 0 Å². The molecule has 0 spiro atoms. The minimum Gasteiger partial charge on any atom is -0.383 e. The summed E-state index contributed by atoms with van der Waals surface area (Å²) >= 11 is 0. The van der Waals surface area contributed by atoms with E-state index in [1.54, 1.807) is 6.92 Å². The van der Waals surface area contributed by atoms with Crippen molar-refractivity contribution in [2.24, 2.45) is 0 Å². The summed E-state index contributed by atoms with van der Waals surface area (Å²) in [4.78, 5) is 10.9. The molecule has 0 bridgehead atoms. The lowest BCUT2D eigenvalue weighted by Gasteiger charge is -2.13. The zero-order chi connectivity index (χ0) is 8.65. The highest BCUT2D eigenvalue weighted by Gasteiger charge is 2.22. The molecular weight excluding hydrogens is 142 g/mol. The van der Waals surface area contributed by atoms with Gasteiger partial charge < -0.3 is 4.52 Å². The van der Waals surface area contributed by atoms with Crippen LogP contribution in [0.5, 0.6) is 0 Å². The molecule has 0 radical (unpaired) electrons. The van der Waals surface area contributed by atoms with Crippen LogP contribution >= 0.6 is 0 Å². The minimum atomic E-state index is -0.130. The van der Waals surface area contributed by atoms with Crippen molar-refractivity contribution in [3.8, 4) is 0 Å². The van der Waals surface area contributed by atoms with Crippen molar-refractivity contribution < 1.29 is 4.52 Å². The Balaban J connectivity index is 3.26. The molecule has 3 nitrogen and oxygen atoms in total. The molecule has 11 heavy (non-hydrogen) atoms. The maximum Gasteiger partial charge on any atom is 0.283 e. The van der Waals surface area contributed by atoms with Crippen LogP contribution in [0.3, 0.4) is 0 Å². The first-order valence-electron chi connectivity index (χ1n) is 3.61. The molecule has 1 aromatic heterocycles. The molecule has 0 aliphatic carbocycles. The molecule has 0 aromatic carbocycles. The predicted octanol–water partition coefficient (Wildman–Crippen LogP) is 1.57. The number of hydrogen-bond acceptors (Lipinski definition) is 2. The van der Waals surface area contributed by atoms with Crippen molar-refractivity contribution in [3.63, 3.8) is 0 Å². The Hall–Kier alpha value is -0.990. The number of H-pyrrole nitrogens is 1. The van der Waals surface area contributed by atoms with Crippen molar-refractivity contribution in [2.75, 3.05) is 0 Å². The Morgan fingerprint density at radius 3 is 2.09 bits per heavy atom. The van der Waals surface area contributed by atoms with Crippen LogP contribution in [0.25, 0.3) is 0 Å². The fourth-order valence-corrected chi connectivity index (χ4v) is 1.07. The van der Waals surface area contributed by atoms with Gasteiger partial charge in [-0.2, -0.15) is 5.16 Å². The molecule has 0 atom stereocenters. The first kappa shape index (κ1) is 8.11. The second-order valence-corrected chi connectivity index (χ2v) is 3.74. The average Bonchev–Trinajstić information content (AvgIpc) is 2.11. The van der Waals surface area contributed by atoms with Crippen molar-refractivity contribution in [3.05, 3.63) is 21.7 Å². The smallest absolute Gasteiger partial charge is 0.283 e. The number of rotatable bonds is 0. The van der Waals surface area contributed by atoms with Crippen molar-refractivity contribution >= 4 is 0 Å². The fraction of sp³-hybridized carbons (Fsp3) is 0.625. The third-order valence-corrected chi connectivity index (χ3v) is 1.61. The molecule has 1 rings (SSSR count). The van der Waals surface area contributed by atoms with Gasteiger partial charge in [-0.3, -0.25) is 4.79 Å². The highest BCUT2D eigenvalue weighted by molar-refractivity contribution is 5.18. The van der Waals surface area contributed by atoms with Crippen molar-refractivity contribution in [1.29, 1.82) is 0 Å². The van der Waals surface area contributed by atoms with Crippen LogP contribution in [0.4, 0.5) is 0 Å². The van der Waals surface area contributed by atoms with E-state index in [0.29, 0.717) is 5.56 Å². The second-order valence-electron chi connectivity index (χ2n) is 3.74. The lowest BCUT2D eigenvalue weighted by molar-refractivity contribution is 0.325. The van der Waals surface area contributed by atoms with Gasteiger partial charge in [-0.15, -0.1) is 0 Å². The summed E-state index contributed by atoms with van der Waals surface area (Å²) in [5.74, 6) is 0.738. The molecular formula is C8H13NO2. The van der Waals surface area contributed by atoms with E-state index in [0.717, 1.165) is 5.76 Å². The molecule has 0 aliphatic heterocycles.